The summed E-state index contributed by atoms with van der Waals surface area (Å²) in [6.45, 7) is 0.673. The van der Waals surface area contributed by atoms with Gasteiger partial charge in [-0.1, -0.05) is 19.3 Å². The van der Waals surface area contributed by atoms with Crippen molar-refractivity contribution in [2.75, 3.05) is 17.3 Å². The molecule has 0 atom stereocenters. The standard InChI is InChI=1S/C10H16N6O2/c11-15-10-8(16(17)18)9(13-6-14-10)12-5-4-7-2-1-3-7/h6-7H,1-5,11H2,(H2,12,13,14,15). The first-order valence-electron chi connectivity index (χ1n) is 5.92. The molecule has 8 heteroatoms. The van der Waals surface area contributed by atoms with Crippen LogP contribution in [0.25, 0.3) is 0 Å². The Hall–Kier alpha value is -1.96. The normalized spacial score (nSPS) is 14.9. The summed E-state index contributed by atoms with van der Waals surface area (Å²) < 4.78 is 0. The maximum Gasteiger partial charge on any atom is 0.354 e. The Morgan fingerprint density at radius 3 is 2.72 bits per heavy atom. The molecule has 2 rings (SSSR count). The molecule has 1 aliphatic carbocycles. The van der Waals surface area contributed by atoms with Crippen LogP contribution >= 0.6 is 0 Å². The van der Waals surface area contributed by atoms with E-state index in [9.17, 15) is 10.1 Å². The summed E-state index contributed by atoms with van der Waals surface area (Å²) in [6, 6.07) is 0. The molecule has 0 aromatic carbocycles. The van der Waals surface area contributed by atoms with Crippen LogP contribution in [0.4, 0.5) is 17.3 Å². The van der Waals surface area contributed by atoms with E-state index in [0.717, 1.165) is 12.3 Å². The number of nitro groups is 1. The molecule has 98 valence electrons. The zero-order valence-electron chi connectivity index (χ0n) is 9.93. The van der Waals surface area contributed by atoms with Crippen molar-refractivity contribution in [3.05, 3.63) is 16.4 Å². The first-order chi connectivity index (χ1) is 8.72. The van der Waals surface area contributed by atoms with E-state index in [1.165, 1.54) is 25.6 Å². The molecule has 1 aliphatic rings. The summed E-state index contributed by atoms with van der Waals surface area (Å²) in [5.74, 6) is 6.16. The predicted molar refractivity (Wildman–Crippen MR) is 66.9 cm³/mol. The molecule has 0 unspecified atom stereocenters. The number of nitrogens with one attached hydrogen (secondary N) is 2. The number of hydrogen-bond acceptors (Lipinski definition) is 7. The van der Waals surface area contributed by atoms with Gasteiger partial charge in [0.15, 0.2) is 0 Å². The lowest BCUT2D eigenvalue weighted by molar-refractivity contribution is -0.383. The molecule has 1 heterocycles. The number of hydrogen-bond donors (Lipinski definition) is 3. The first kappa shape index (κ1) is 12.5. The molecule has 0 bridgehead atoms. The largest absolute Gasteiger partial charge is 0.364 e. The zero-order valence-corrected chi connectivity index (χ0v) is 9.93. The number of hydrazine groups is 1. The second kappa shape index (κ2) is 5.58. The SMILES string of the molecule is NNc1ncnc(NCCC2CCC2)c1[N+](=O)[O-]. The highest BCUT2D eigenvalue weighted by atomic mass is 16.6. The Bertz CT molecular complexity index is 434. The van der Waals surface area contributed by atoms with Gasteiger partial charge in [0.1, 0.15) is 6.33 Å². The average molecular weight is 252 g/mol. The van der Waals surface area contributed by atoms with E-state index >= 15 is 0 Å². The van der Waals surface area contributed by atoms with Crippen LogP contribution in [0.5, 0.6) is 0 Å². The van der Waals surface area contributed by atoms with Crippen molar-refractivity contribution in [3.8, 4) is 0 Å². The van der Waals surface area contributed by atoms with Crippen LogP contribution in [0.15, 0.2) is 6.33 Å². The maximum atomic E-state index is 11.0. The lowest BCUT2D eigenvalue weighted by atomic mass is 9.83. The zero-order chi connectivity index (χ0) is 13.0. The summed E-state index contributed by atoms with van der Waals surface area (Å²) in [5, 5.41) is 13.9. The fraction of sp³-hybridized carbons (Fsp3) is 0.600. The monoisotopic (exact) mass is 252 g/mol. The van der Waals surface area contributed by atoms with Crippen LogP contribution in [-0.4, -0.2) is 21.4 Å². The van der Waals surface area contributed by atoms with Gasteiger partial charge in [-0.3, -0.25) is 10.1 Å². The lowest BCUT2D eigenvalue weighted by Crippen LogP contribution is -2.17. The van der Waals surface area contributed by atoms with Crippen molar-refractivity contribution < 1.29 is 4.92 Å². The number of nitrogens with zero attached hydrogens (tertiary/aromatic N) is 3. The maximum absolute atomic E-state index is 11.0. The summed E-state index contributed by atoms with van der Waals surface area (Å²) in [5.41, 5.74) is 1.99. The van der Waals surface area contributed by atoms with Crippen LogP contribution < -0.4 is 16.6 Å². The van der Waals surface area contributed by atoms with Crippen molar-refractivity contribution in [2.45, 2.75) is 25.7 Å². The number of nitrogens with two attached hydrogens (primary N) is 1. The third-order valence-corrected chi connectivity index (χ3v) is 3.21. The van der Waals surface area contributed by atoms with Crippen LogP contribution in [0.1, 0.15) is 25.7 Å². The van der Waals surface area contributed by atoms with E-state index in [-0.39, 0.29) is 17.3 Å². The van der Waals surface area contributed by atoms with Crippen molar-refractivity contribution in [2.24, 2.45) is 11.8 Å². The van der Waals surface area contributed by atoms with Crippen LogP contribution in [-0.2, 0) is 0 Å². The smallest absolute Gasteiger partial charge is 0.354 e. The van der Waals surface area contributed by atoms with Crippen LogP contribution in [0.3, 0.4) is 0 Å². The summed E-state index contributed by atoms with van der Waals surface area (Å²) in [6.07, 6.45) is 6.05. The highest BCUT2D eigenvalue weighted by molar-refractivity contribution is 5.68. The Morgan fingerprint density at radius 2 is 2.17 bits per heavy atom. The second-order valence-electron chi connectivity index (χ2n) is 4.33. The first-order valence-corrected chi connectivity index (χ1v) is 5.92. The molecule has 0 radical (unpaired) electrons. The molecule has 1 aromatic heterocycles. The molecule has 1 saturated carbocycles. The molecule has 0 saturated heterocycles. The van der Waals surface area contributed by atoms with E-state index in [1.54, 1.807) is 0 Å². The molecule has 4 N–H and O–H groups in total. The summed E-state index contributed by atoms with van der Waals surface area (Å²) >= 11 is 0. The van der Waals surface area contributed by atoms with Gasteiger partial charge in [-0.05, 0) is 12.3 Å². The molecule has 1 fully saturated rings. The molecule has 0 spiro atoms. The predicted octanol–water partition coefficient (Wildman–Crippen LogP) is 1.27. The molecule has 18 heavy (non-hydrogen) atoms. The number of anilines is 2. The van der Waals surface area contributed by atoms with Gasteiger partial charge < -0.3 is 10.7 Å². The fourth-order valence-corrected chi connectivity index (χ4v) is 1.96. The third kappa shape index (κ3) is 2.65. The Morgan fingerprint density at radius 1 is 1.44 bits per heavy atom. The van der Waals surface area contributed by atoms with Gasteiger partial charge >= 0.3 is 5.69 Å². The minimum absolute atomic E-state index is 0.0149. The van der Waals surface area contributed by atoms with Gasteiger partial charge in [-0.2, -0.15) is 0 Å². The Balaban J connectivity index is 2.03. The van der Waals surface area contributed by atoms with Gasteiger partial charge in [0.2, 0.25) is 11.6 Å². The highest BCUT2D eigenvalue weighted by Gasteiger charge is 2.23. The quantitative estimate of drug-likeness (QED) is 0.396. The van der Waals surface area contributed by atoms with Gasteiger partial charge in [0, 0.05) is 6.54 Å². The third-order valence-electron chi connectivity index (χ3n) is 3.21. The molecule has 1 aromatic rings. The molecule has 8 nitrogen and oxygen atoms in total. The van der Waals surface area contributed by atoms with Crippen LogP contribution in [0, 0.1) is 16.0 Å². The Kier molecular flexibility index (Phi) is 3.88. The van der Waals surface area contributed by atoms with Gasteiger partial charge in [0.05, 0.1) is 4.92 Å². The highest BCUT2D eigenvalue weighted by Crippen LogP contribution is 2.31. The second-order valence-corrected chi connectivity index (χ2v) is 4.33. The average Bonchev–Trinajstić information content (AvgIpc) is 2.31. The number of nitrogen functional groups attached to an aromatic ring is 1. The lowest BCUT2D eigenvalue weighted by Gasteiger charge is -2.25. The molecule has 0 amide bonds. The van der Waals surface area contributed by atoms with E-state index in [1.807, 2.05) is 0 Å². The molecular formula is C10H16N6O2. The topological polar surface area (TPSA) is 119 Å². The van der Waals surface area contributed by atoms with E-state index in [4.69, 9.17) is 5.84 Å². The van der Waals surface area contributed by atoms with Gasteiger partial charge in [-0.25, -0.2) is 15.8 Å². The van der Waals surface area contributed by atoms with Gasteiger partial charge in [0.25, 0.3) is 0 Å². The van der Waals surface area contributed by atoms with E-state index < -0.39 is 4.92 Å². The van der Waals surface area contributed by atoms with Crippen molar-refractivity contribution in [1.29, 1.82) is 0 Å². The molecule has 0 aliphatic heterocycles. The van der Waals surface area contributed by atoms with Gasteiger partial charge in [-0.15, -0.1) is 0 Å². The van der Waals surface area contributed by atoms with Crippen LogP contribution in [0.2, 0.25) is 0 Å². The minimum atomic E-state index is -0.541. The van der Waals surface area contributed by atoms with E-state index in [2.05, 4.69) is 20.7 Å². The van der Waals surface area contributed by atoms with Crippen molar-refractivity contribution in [1.82, 2.24) is 9.97 Å². The summed E-state index contributed by atoms with van der Waals surface area (Å²) in [4.78, 5) is 18.0. The number of aromatic nitrogens is 2. The fourth-order valence-electron chi connectivity index (χ4n) is 1.96. The van der Waals surface area contributed by atoms with Crippen molar-refractivity contribution >= 4 is 17.3 Å². The summed E-state index contributed by atoms with van der Waals surface area (Å²) in [7, 11) is 0. The van der Waals surface area contributed by atoms with Crippen molar-refractivity contribution in [3.63, 3.8) is 0 Å². The van der Waals surface area contributed by atoms with E-state index in [0.29, 0.717) is 6.54 Å². The minimum Gasteiger partial charge on any atom is -0.364 e. The Labute approximate surface area is 104 Å². The molecular weight excluding hydrogens is 236 g/mol. The number of rotatable bonds is 6.